The summed E-state index contributed by atoms with van der Waals surface area (Å²) in [4.78, 5) is 11.5. The molecule has 0 saturated carbocycles. The van der Waals surface area contributed by atoms with Crippen molar-refractivity contribution >= 4 is 5.91 Å². The molecule has 1 amide bonds. The normalized spacial score (nSPS) is 13.6. The molecule has 3 N–H and O–H groups in total. The standard InChI is InChI=1S/C14H22N2O3/c1-4-8-16-14(2,13(15)17)10-19-12-7-5-6-11(9-12)18-3/h5-7,9,16H,4,8,10H2,1-3H3,(H2,15,17). The molecule has 19 heavy (non-hydrogen) atoms. The maximum Gasteiger partial charge on any atom is 0.240 e. The summed E-state index contributed by atoms with van der Waals surface area (Å²) in [5, 5.41) is 3.11. The van der Waals surface area contributed by atoms with Crippen LogP contribution in [0.3, 0.4) is 0 Å². The highest BCUT2D eigenvalue weighted by molar-refractivity contribution is 5.84. The molecular formula is C14H22N2O3. The summed E-state index contributed by atoms with van der Waals surface area (Å²) in [5.74, 6) is 0.925. The Morgan fingerprint density at radius 1 is 1.42 bits per heavy atom. The number of primary amides is 1. The molecule has 0 bridgehead atoms. The number of carbonyl (C=O) groups excluding carboxylic acids is 1. The van der Waals surface area contributed by atoms with Crippen LogP contribution in [-0.4, -0.2) is 31.7 Å². The van der Waals surface area contributed by atoms with Gasteiger partial charge in [0, 0.05) is 6.07 Å². The van der Waals surface area contributed by atoms with E-state index >= 15 is 0 Å². The molecule has 0 heterocycles. The van der Waals surface area contributed by atoms with E-state index in [1.807, 2.05) is 25.1 Å². The van der Waals surface area contributed by atoms with Crippen molar-refractivity contribution in [1.82, 2.24) is 5.32 Å². The molecule has 5 heteroatoms. The van der Waals surface area contributed by atoms with Crippen molar-refractivity contribution in [2.75, 3.05) is 20.3 Å². The Balaban J connectivity index is 2.67. The van der Waals surface area contributed by atoms with Crippen LogP contribution < -0.4 is 20.5 Å². The molecule has 0 fully saturated rings. The van der Waals surface area contributed by atoms with Gasteiger partial charge in [0.1, 0.15) is 23.6 Å². The van der Waals surface area contributed by atoms with Crippen LogP contribution >= 0.6 is 0 Å². The minimum Gasteiger partial charge on any atom is -0.497 e. The molecule has 0 radical (unpaired) electrons. The van der Waals surface area contributed by atoms with Crippen molar-refractivity contribution in [2.24, 2.45) is 5.73 Å². The van der Waals surface area contributed by atoms with Crippen LogP contribution in [-0.2, 0) is 4.79 Å². The average Bonchev–Trinajstić information content (AvgIpc) is 2.43. The minimum atomic E-state index is -0.876. The topological polar surface area (TPSA) is 73.6 Å². The zero-order valence-electron chi connectivity index (χ0n) is 11.7. The lowest BCUT2D eigenvalue weighted by Gasteiger charge is -2.27. The maximum absolute atomic E-state index is 11.5. The molecule has 1 unspecified atom stereocenters. The van der Waals surface area contributed by atoms with Gasteiger partial charge >= 0.3 is 0 Å². The number of carbonyl (C=O) groups is 1. The number of rotatable bonds is 8. The summed E-state index contributed by atoms with van der Waals surface area (Å²) in [6.07, 6.45) is 0.919. The third-order valence-corrected chi connectivity index (χ3v) is 2.88. The van der Waals surface area contributed by atoms with Gasteiger partial charge in [0.15, 0.2) is 0 Å². The molecule has 106 valence electrons. The Hall–Kier alpha value is -1.75. The molecule has 1 aromatic rings. The molecule has 0 aliphatic carbocycles. The summed E-state index contributed by atoms with van der Waals surface area (Å²) in [7, 11) is 1.59. The number of methoxy groups -OCH3 is 1. The van der Waals surface area contributed by atoms with E-state index in [9.17, 15) is 4.79 Å². The third-order valence-electron chi connectivity index (χ3n) is 2.88. The van der Waals surface area contributed by atoms with Crippen molar-refractivity contribution in [1.29, 1.82) is 0 Å². The Morgan fingerprint density at radius 2 is 2.11 bits per heavy atom. The van der Waals surface area contributed by atoms with E-state index in [0.29, 0.717) is 18.0 Å². The second-order valence-corrected chi connectivity index (χ2v) is 4.59. The minimum absolute atomic E-state index is 0.176. The van der Waals surface area contributed by atoms with Crippen LogP contribution in [0.2, 0.25) is 0 Å². The van der Waals surface area contributed by atoms with E-state index in [1.54, 1.807) is 20.1 Å². The van der Waals surface area contributed by atoms with Crippen LogP contribution in [0.25, 0.3) is 0 Å². The van der Waals surface area contributed by atoms with Gasteiger partial charge in [-0.15, -0.1) is 0 Å². The zero-order chi connectivity index (χ0) is 14.3. The Labute approximate surface area is 114 Å². The molecular weight excluding hydrogens is 244 g/mol. The van der Waals surface area contributed by atoms with Crippen molar-refractivity contribution in [3.05, 3.63) is 24.3 Å². The lowest BCUT2D eigenvalue weighted by molar-refractivity contribution is -0.125. The fraction of sp³-hybridized carbons (Fsp3) is 0.500. The van der Waals surface area contributed by atoms with Crippen molar-refractivity contribution in [2.45, 2.75) is 25.8 Å². The predicted molar refractivity (Wildman–Crippen MR) is 74.4 cm³/mol. The van der Waals surface area contributed by atoms with Crippen LogP contribution in [0.4, 0.5) is 0 Å². The van der Waals surface area contributed by atoms with Gasteiger partial charge in [0.05, 0.1) is 7.11 Å². The molecule has 5 nitrogen and oxygen atoms in total. The highest BCUT2D eigenvalue weighted by Gasteiger charge is 2.31. The van der Waals surface area contributed by atoms with E-state index in [1.165, 1.54) is 0 Å². The van der Waals surface area contributed by atoms with Gasteiger partial charge in [-0.3, -0.25) is 4.79 Å². The molecule has 1 rings (SSSR count). The summed E-state index contributed by atoms with van der Waals surface area (Å²) < 4.78 is 10.7. The van der Waals surface area contributed by atoms with Crippen LogP contribution in [0.5, 0.6) is 11.5 Å². The van der Waals surface area contributed by atoms with Gasteiger partial charge in [0.2, 0.25) is 5.91 Å². The number of hydrogen-bond acceptors (Lipinski definition) is 4. The summed E-state index contributed by atoms with van der Waals surface area (Å²) in [6, 6.07) is 7.23. The fourth-order valence-electron chi connectivity index (χ4n) is 1.53. The lowest BCUT2D eigenvalue weighted by atomic mass is 10.0. The highest BCUT2D eigenvalue weighted by atomic mass is 16.5. The van der Waals surface area contributed by atoms with Gasteiger partial charge in [-0.25, -0.2) is 0 Å². The van der Waals surface area contributed by atoms with E-state index in [-0.39, 0.29) is 6.61 Å². The van der Waals surface area contributed by atoms with E-state index in [2.05, 4.69) is 5.32 Å². The molecule has 0 aliphatic rings. The molecule has 1 atom stereocenters. The van der Waals surface area contributed by atoms with E-state index in [4.69, 9.17) is 15.2 Å². The Morgan fingerprint density at radius 3 is 2.68 bits per heavy atom. The highest BCUT2D eigenvalue weighted by Crippen LogP contribution is 2.20. The Kier molecular flexibility index (Phi) is 5.63. The fourth-order valence-corrected chi connectivity index (χ4v) is 1.53. The molecule has 1 aromatic carbocycles. The SMILES string of the molecule is CCCNC(C)(COc1cccc(OC)c1)C(N)=O. The van der Waals surface area contributed by atoms with Gasteiger partial charge in [0.25, 0.3) is 0 Å². The molecule has 0 aliphatic heterocycles. The molecule has 0 saturated heterocycles. The van der Waals surface area contributed by atoms with Gasteiger partial charge in [-0.1, -0.05) is 13.0 Å². The summed E-state index contributed by atoms with van der Waals surface area (Å²) >= 11 is 0. The average molecular weight is 266 g/mol. The number of amides is 1. The van der Waals surface area contributed by atoms with Gasteiger partial charge < -0.3 is 20.5 Å². The van der Waals surface area contributed by atoms with Crippen molar-refractivity contribution in [3.8, 4) is 11.5 Å². The first-order chi connectivity index (χ1) is 9.01. The van der Waals surface area contributed by atoms with Crippen LogP contribution in [0, 0.1) is 0 Å². The van der Waals surface area contributed by atoms with Crippen LogP contribution in [0.15, 0.2) is 24.3 Å². The lowest BCUT2D eigenvalue weighted by Crippen LogP contribution is -2.57. The molecule has 0 aromatic heterocycles. The summed E-state index contributed by atoms with van der Waals surface area (Å²) in [5.41, 5.74) is 4.55. The Bertz CT molecular complexity index is 423. The first-order valence-corrected chi connectivity index (χ1v) is 6.33. The number of nitrogens with one attached hydrogen (secondary N) is 1. The number of hydrogen-bond donors (Lipinski definition) is 2. The zero-order valence-corrected chi connectivity index (χ0v) is 11.7. The molecule has 0 spiro atoms. The smallest absolute Gasteiger partial charge is 0.240 e. The predicted octanol–water partition coefficient (Wildman–Crippen LogP) is 1.32. The van der Waals surface area contributed by atoms with E-state index < -0.39 is 11.4 Å². The summed E-state index contributed by atoms with van der Waals surface area (Å²) in [6.45, 7) is 4.65. The van der Waals surface area contributed by atoms with Crippen molar-refractivity contribution < 1.29 is 14.3 Å². The van der Waals surface area contributed by atoms with Crippen molar-refractivity contribution in [3.63, 3.8) is 0 Å². The number of ether oxygens (including phenoxy) is 2. The first kappa shape index (κ1) is 15.3. The van der Waals surface area contributed by atoms with E-state index in [0.717, 1.165) is 6.42 Å². The number of nitrogens with two attached hydrogens (primary N) is 1. The van der Waals surface area contributed by atoms with Gasteiger partial charge in [-0.05, 0) is 32.0 Å². The second kappa shape index (κ2) is 6.99. The van der Waals surface area contributed by atoms with Crippen LogP contribution in [0.1, 0.15) is 20.3 Å². The quantitative estimate of drug-likeness (QED) is 0.744. The van der Waals surface area contributed by atoms with Gasteiger partial charge in [-0.2, -0.15) is 0 Å². The third kappa shape index (κ3) is 4.44. The maximum atomic E-state index is 11.5. The second-order valence-electron chi connectivity index (χ2n) is 4.59. The monoisotopic (exact) mass is 266 g/mol. The number of benzene rings is 1. The first-order valence-electron chi connectivity index (χ1n) is 6.33. The largest absolute Gasteiger partial charge is 0.497 e.